The maximum Gasteiger partial charge on any atom is 0.206 e. The molecular formula is C13H10I2O3S. The Kier molecular flexibility index (Phi) is 4.85. The first kappa shape index (κ1) is 15.2. The summed E-state index contributed by atoms with van der Waals surface area (Å²) >= 11 is 4.21. The molecule has 0 atom stereocenters. The molecule has 2 rings (SSSR count). The maximum absolute atomic E-state index is 12.5. The SMILES string of the molecule is O=S(=O)(c1ccc(I)cc1)c1ccc(I)cc1CO. The van der Waals surface area contributed by atoms with Crippen molar-refractivity contribution >= 4 is 55.0 Å². The molecule has 0 unspecified atom stereocenters. The van der Waals surface area contributed by atoms with E-state index in [-0.39, 0.29) is 16.4 Å². The zero-order chi connectivity index (χ0) is 14.0. The predicted octanol–water partition coefficient (Wildman–Crippen LogP) is 3.22. The lowest BCUT2D eigenvalue weighted by atomic mass is 10.2. The van der Waals surface area contributed by atoms with Crippen LogP contribution in [0, 0.1) is 7.14 Å². The van der Waals surface area contributed by atoms with Gasteiger partial charge in [-0.25, -0.2) is 8.42 Å². The topological polar surface area (TPSA) is 54.4 Å². The molecule has 19 heavy (non-hydrogen) atoms. The molecule has 0 saturated heterocycles. The minimum atomic E-state index is -3.58. The van der Waals surface area contributed by atoms with Gasteiger partial charge in [-0.2, -0.15) is 0 Å². The molecule has 0 aromatic heterocycles. The van der Waals surface area contributed by atoms with Gasteiger partial charge in [-0.3, -0.25) is 0 Å². The average molecular weight is 500 g/mol. The van der Waals surface area contributed by atoms with Crippen molar-refractivity contribution in [1.29, 1.82) is 0 Å². The van der Waals surface area contributed by atoms with Crippen molar-refractivity contribution in [2.75, 3.05) is 0 Å². The van der Waals surface area contributed by atoms with E-state index in [9.17, 15) is 13.5 Å². The van der Waals surface area contributed by atoms with Crippen LogP contribution in [0.15, 0.2) is 52.3 Å². The number of hydrogen-bond donors (Lipinski definition) is 1. The first-order chi connectivity index (χ1) is 8.95. The van der Waals surface area contributed by atoms with E-state index in [1.54, 1.807) is 42.5 Å². The van der Waals surface area contributed by atoms with Gasteiger partial charge in [0.15, 0.2) is 0 Å². The van der Waals surface area contributed by atoms with Crippen LogP contribution >= 0.6 is 45.2 Å². The standard InChI is InChI=1S/C13H10I2O3S/c14-10-1-4-12(5-2-10)19(17,18)13-6-3-11(15)7-9(13)8-16/h1-7,16H,8H2. The Morgan fingerprint density at radius 3 is 2.11 bits per heavy atom. The van der Waals surface area contributed by atoms with E-state index in [0.29, 0.717) is 5.56 Å². The molecule has 1 N–H and O–H groups in total. The monoisotopic (exact) mass is 500 g/mol. The lowest BCUT2D eigenvalue weighted by Crippen LogP contribution is -2.06. The number of sulfone groups is 1. The summed E-state index contributed by atoms with van der Waals surface area (Å²) in [5.74, 6) is 0. The molecular weight excluding hydrogens is 490 g/mol. The minimum absolute atomic E-state index is 0.164. The molecule has 0 spiro atoms. The van der Waals surface area contributed by atoms with Crippen LogP contribution in [-0.2, 0) is 16.4 Å². The zero-order valence-electron chi connectivity index (χ0n) is 9.68. The number of benzene rings is 2. The summed E-state index contributed by atoms with van der Waals surface area (Å²) in [6.07, 6.45) is 0. The quantitative estimate of drug-likeness (QED) is 0.660. The molecule has 0 aliphatic rings. The highest BCUT2D eigenvalue weighted by molar-refractivity contribution is 14.1. The first-order valence-electron chi connectivity index (χ1n) is 5.35. The molecule has 0 saturated carbocycles. The van der Waals surface area contributed by atoms with E-state index in [4.69, 9.17) is 0 Å². The van der Waals surface area contributed by atoms with Gasteiger partial charge in [-0.15, -0.1) is 0 Å². The van der Waals surface area contributed by atoms with E-state index in [1.165, 1.54) is 0 Å². The fraction of sp³-hybridized carbons (Fsp3) is 0.0769. The lowest BCUT2D eigenvalue weighted by molar-refractivity contribution is 0.278. The number of aliphatic hydroxyl groups is 1. The summed E-state index contributed by atoms with van der Waals surface area (Å²) in [4.78, 5) is 0.403. The van der Waals surface area contributed by atoms with Gasteiger partial charge in [0.25, 0.3) is 0 Å². The highest BCUT2D eigenvalue weighted by Crippen LogP contribution is 2.26. The van der Waals surface area contributed by atoms with Gasteiger partial charge >= 0.3 is 0 Å². The zero-order valence-corrected chi connectivity index (χ0v) is 14.8. The summed E-state index contributed by atoms with van der Waals surface area (Å²) in [5, 5.41) is 9.33. The Morgan fingerprint density at radius 1 is 0.947 bits per heavy atom. The Hall–Kier alpha value is -0.190. The van der Waals surface area contributed by atoms with Crippen LogP contribution in [0.5, 0.6) is 0 Å². The number of aliphatic hydroxyl groups excluding tert-OH is 1. The van der Waals surface area contributed by atoms with Crippen LogP contribution in [0.2, 0.25) is 0 Å². The third-order valence-corrected chi connectivity index (χ3v) is 5.87. The van der Waals surface area contributed by atoms with Gasteiger partial charge in [-0.05, 0) is 93.2 Å². The smallest absolute Gasteiger partial charge is 0.206 e. The molecule has 100 valence electrons. The summed E-state index contributed by atoms with van der Waals surface area (Å²) in [6.45, 7) is -0.296. The van der Waals surface area contributed by atoms with Crippen LogP contribution in [0.3, 0.4) is 0 Å². The van der Waals surface area contributed by atoms with E-state index in [2.05, 4.69) is 45.2 Å². The van der Waals surface area contributed by atoms with Crippen molar-refractivity contribution in [3.8, 4) is 0 Å². The van der Waals surface area contributed by atoms with Crippen LogP contribution in [0.1, 0.15) is 5.56 Å². The van der Waals surface area contributed by atoms with E-state index >= 15 is 0 Å². The van der Waals surface area contributed by atoms with Crippen molar-refractivity contribution in [1.82, 2.24) is 0 Å². The molecule has 0 aliphatic heterocycles. The van der Waals surface area contributed by atoms with Crippen molar-refractivity contribution in [3.63, 3.8) is 0 Å². The summed E-state index contributed by atoms with van der Waals surface area (Å²) in [5.41, 5.74) is 0.422. The van der Waals surface area contributed by atoms with Crippen LogP contribution in [0.4, 0.5) is 0 Å². The molecule has 0 heterocycles. The van der Waals surface area contributed by atoms with Crippen molar-refractivity contribution < 1.29 is 13.5 Å². The normalized spacial score (nSPS) is 11.5. The van der Waals surface area contributed by atoms with Crippen LogP contribution in [0.25, 0.3) is 0 Å². The Morgan fingerprint density at radius 2 is 1.53 bits per heavy atom. The molecule has 6 heteroatoms. The number of hydrogen-bond acceptors (Lipinski definition) is 3. The van der Waals surface area contributed by atoms with Gasteiger partial charge in [-0.1, -0.05) is 0 Å². The fourth-order valence-corrected chi connectivity index (χ4v) is 4.05. The molecule has 0 amide bonds. The van der Waals surface area contributed by atoms with E-state index in [0.717, 1.165) is 7.14 Å². The van der Waals surface area contributed by atoms with E-state index < -0.39 is 9.84 Å². The maximum atomic E-state index is 12.5. The van der Waals surface area contributed by atoms with E-state index in [1.807, 2.05) is 0 Å². The molecule has 2 aromatic rings. The molecule has 3 nitrogen and oxygen atoms in total. The Balaban J connectivity index is 2.59. The molecule has 2 aromatic carbocycles. The Labute approximate surface area is 139 Å². The Bertz CT molecular complexity index is 694. The number of rotatable bonds is 3. The van der Waals surface area contributed by atoms with Gasteiger partial charge in [0, 0.05) is 7.14 Å². The molecule has 0 bridgehead atoms. The van der Waals surface area contributed by atoms with Crippen LogP contribution < -0.4 is 0 Å². The van der Waals surface area contributed by atoms with Gasteiger partial charge < -0.3 is 5.11 Å². The van der Waals surface area contributed by atoms with Gasteiger partial charge in [0.2, 0.25) is 9.84 Å². The molecule has 0 radical (unpaired) electrons. The van der Waals surface area contributed by atoms with Crippen LogP contribution in [-0.4, -0.2) is 13.5 Å². The van der Waals surface area contributed by atoms with Crippen molar-refractivity contribution in [3.05, 3.63) is 55.2 Å². The third kappa shape index (κ3) is 3.29. The fourth-order valence-electron chi connectivity index (χ4n) is 1.67. The highest BCUT2D eigenvalue weighted by atomic mass is 127. The lowest BCUT2D eigenvalue weighted by Gasteiger charge is -2.09. The van der Waals surface area contributed by atoms with Crippen molar-refractivity contribution in [2.45, 2.75) is 16.4 Å². The first-order valence-corrected chi connectivity index (χ1v) is 8.99. The largest absolute Gasteiger partial charge is 0.392 e. The number of halogens is 2. The summed E-state index contributed by atoms with van der Waals surface area (Å²) < 4.78 is 26.9. The second-order valence-electron chi connectivity index (χ2n) is 3.87. The van der Waals surface area contributed by atoms with Gasteiger partial charge in [0.05, 0.1) is 16.4 Å². The third-order valence-electron chi connectivity index (χ3n) is 2.61. The van der Waals surface area contributed by atoms with Crippen molar-refractivity contribution in [2.24, 2.45) is 0 Å². The van der Waals surface area contributed by atoms with Gasteiger partial charge in [0.1, 0.15) is 0 Å². The highest BCUT2D eigenvalue weighted by Gasteiger charge is 2.20. The summed E-state index contributed by atoms with van der Waals surface area (Å²) in [6, 6.07) is 11.6. The molecule has 0 fully saturated rings. The average Bonchev–Trinajstić information content (AvgIpc) is 2.38. The predicted molar refractivity (Wildman–Crippen MR) is 89.7 cm³/mol. The minimum Gasteiger partial charge on any atom is -0.392 e. The second kappa shape index (κ2) is 6.06. The second-order valence-corrected chi connectivity index (χ2v) is 8.28. The molecule has 0 aliphatic carbocycles. The summed E-state index contributed by atoms with van der Waals surface area (Å²) in [7, 11) is -3.58.